The van der Waals surface area contributed by atoms with E-state index < -0.39 is 43.3 Å². The topological polar surface area (TPSA) is 111 Å². The number of aromatic nitrogens is 1. The van der Waals surface area contributed by atoms with Crippen LogP contribution in [0.15, 0.2) is 54.7 Å². The summed E-state index contributed by atoms with van der Waals surface area (Å²) in [6.45, 7) is 4.51. The first kappa shape index (κ1) is 28.4. The Morgan fingerprint density at radius 2 is 1.95 bits per heavy atom. The highest BCUT2D eigenvalue weighted by atomic mass is 19.3. The number of piperazine rings is 1. The molecule has 0 unspecified atom stereocenters. The maximum atomic E-state index is 13.7. The van der Waals surface area contributed by atoms with Gasteiger partial charge in [-0.15, -0.1) is 0 Å². The van der Waals surface area contributed by atoms with Crippen molar-refractivity contribution < 1.29 is 23.1 Å². The summed E-state index contributed by atoms with van der Waals surface area (Å²) in [4.78, 5) is 33.1. The van der Waals surface area contributed by atoms with E-state index in [1.807, 2.05) is 36.4 Å². The molecule has 41 heavy (non-hydrogen) atoms. The molecule has 5 rings (SSSR count). The van der Waals surface area contributed by atoms with Gasteiger partial charge in [0.2, 0.25) is 5.91 Å². The Balaban J connectivity index is 1.21. The van der Waals surface area contributed by atoms with Gasteiger partial charge in [0.25, 0.3) is 11.8 Å². The van der Waals surface area contributed by atoms with Gasteiger partial charge >= 0.3 is 0 Å². The second kappa shape index (κ2) is 12.6. The van der Waals surface area contributed by atoms with Crippen molar-refractivity contribution in [2.75, 3.05) is 52.4 Å². The van der Waals surface area contributed by atoms with Crippen molar-refractivity contribution in [1.29, 1.82) is 5.26 Å². The first-order valence-corrected chi connectivity index (χ1v) is 13.7. The van der Waals surface area contributed by atoms with E-state index >= 15 is 0 Å². The molecule has 2 fully saturated rings. The van der Waals surface area contributed by atoms with E-state index in [1.54, 1.807) is 18.2 Å². The third-order valence-electron chi connectivity index (χ3n) is 7.39. The summed E-state index contributed by atoms with van der Waals surface area (Å²) < 4.78 is 33.4. The van der Waals surface area contributed by atoms with E-state index in [9.17, 15) is 18.4 Å². The number of ether oxygens (including phenoxy) is 1. The lowest BCUT2D eigenvalue weighted by Gasteiger charge is -2.26. The van der Waals surface area contributed by atoms with Crippen molar-refractivity contribution in [3.63, 3.8) is 0 Å². The Labute approximate surface area is 237 Å². The second-order valence-corrected chi connectivity index (χ2v) is 10.3. The highest BCUT2D eigenvalue weighted by Gasteiger charge is 2.47. The molecule has 3 heterocycles. The van der Waals surface area contributed by atoms with Gasteiger partial charge in [0, 0.05) is 50.7 Å². The second-order valence-electron chi connectivity index (χ2n) is 10.3. The third kappa shape index (κ3) is 6.96. The molecule has 9 nitrogen and oxygen atoms in total. The summed E-state index contributed by atoms with van der Waals surface area (Å²) in [5, 5.41) is 15.6. The molecule has 2 aliphatic heterocycles. The minimum absolute atomic E-state index is 0.305. The highest BCUT2D eigenvalue weighted by molar-refractivity contribution is 6.07. The number of likely N-dealkylation sites (tertiary alicyclic amines) is 1. The highest BCUT2D eigenvalue weighted by Crippen LogP contribution is 2.32. The molecule has 11 heteroatoms. The monoisotopic (exact) mass is 562 g/mol. The lowest BCUT2D eigenvalue weighted by Crippen LogP contribution is -2.43. The van der Waals surface area contributed by atoms with Crippen LogP contribution in [-0.4, -0.2) is 91.0 Å². The zero-order valence-electron chi connectivity index (χ0n) is 22.6. The van der Waals surface area contributed by atoms with Crippen molar-refractivity contribution >= 4 is 22.7 Å². The molecule has 0 spiro atoms. The van der Waals surface area contributed by atoms with Crippen LogP contribution in [0.5, 0.6) is 5.75 Å². The molecule has 214 valence electrons. The average molecular weight is 563 g/mol. The molecule has 0 bridgehead atoms. The number of rotatable bonds is 9. The van der Waals surface area contributed by atoms with E-state index in [1.165, 1.54) is 6.20 Å². The van der Waals surface area contributed by atoms with Crippen LogP contribution in [0.2, 0.25) is 0 Å². The molecule has 3 aromatic rings. The molecule has 0 aliphatic carbocycles. The van der Waals surface area contributed by atoms with Gasteiger partial charge in [-0.05, 0) is 41.8 Å². The van der Waals surface area contributed by atoms with E-state index in [4.69, 9.17) is 10.00 Å². The summed E-state index contributed by atoms with van der Waals surface area (Å²) in [5.74, 6) is -3.60. The predicted octanol–water partition coefficient (Wildman–Crippen LogP) is 3.07. The largest absolute Gasteiger partial charge is 0.494 e. The van der Waals surface area contributed by atoms with Crippen LogP contribution < -0.4 is 15.4 Å². The summed E-state index contributed by atoms with van der Waals surface area (Å²) in [5.41, 5.74) is 2.75. The van der Waals surface area contributed by atoms with Crippen LogP contribution >= 0.6 is 0 Å². The number of nitrogens with one attached hydrogen (secondary N) is 2. The van der Waals surface area contributed by atoms with Crippen LogP contribution in [0.3, 0.4) is 0 Å². The number of benzene rings is 2. The zero-order valence-corrected chi connectivity index (χ0v) is 22.6. The number of pyridine rings is 1. The minimum atomic E-state index is -3.12. The molecule has 0 saturated carbocycles. The Hall–Kier alpha value is -4.14. The molecule has 2 aromatic carbocycles. The molecule has 2 N–H and O–H groups in total. The molecule has 0 radical (unpaired) electrons. The molecule has 2 amide bonds. The number of hydrogen-bond donors (Lipinski definition) is 2. The first-order chi connectivity index (χ1) is 19.8. The molecule has 2 saturated heterocycles. The van der Waals surface area contributed by atoms with E-state index in [0.717, 1.165) is 60.9 Å². The lowest BCUT2D eigenvalue weighted by molar-refractivity contribution is -0.131. The average Bonchev–Trinajstić information content (AvgIpc) is 3.32. The van der Waals surface area contributed by atoms with Crippen molar-refractivity contribution in [2.24, 2.45) is 0 Å². The van der Waals surface area contributed by atoms with Crippen molar-refractivity contribution in [3.05, 3.63) is 60.3 Å². The van der Waals surface area contributed by atoms with Gasteiger partial charge in [-0.2, -0.15) is 5.26 Å². The molecule has 1 aromatic heterocycles. The number of carbonyl (C=O) groups is 2. The summed E-state index contributed by atoms with van der Waals surface area (Å²) >= 11 is 0. The summed E-state index contributed by atoms with van der Waals surface area (Å²) in [7, 11) is 0. The Morgan fingerprint density at radius 3 is 2.76 bits per heavy atom. The van der Waals surface area contributed by atoms with Crippen molar-refractivity contribution in [3.8, 4) is 22.9 Å². The number of amides is 2. The number of carbonyl (C=O) groups excluding carboxylic acids is 2. The van der Waals surface area contributed by atoms with E-state index in [2.05, 4.69) is 20.5 Å². The number of nitriles is 1. The fourth-order valence-corrected chi connectivity index (χ4v) is 5.25. The fourth-order valence-electron chi connectivity index (χ4n) is 5.25. The van der Waals surface area contributed by atoms with Gasteiger partial charge in [0.05, 0.1) is 36.8 Å². The van der Waals surface area contributed by atoms with Crippen LogP contribution in [0.25, 0.3) is 22.0 Å². The predicted molar refractivity (Wildman–Crippen MR) is 150 cm³/mol. The Bertz CT molecular complexity index is 1450. The van der Waals surface area contributed by atoms with Crippen LogP contribution in [0, 0.1) is 11.3 Å². The smallest absolute Gasteiger partial charge is 0.268 e. The Kier molecular flexibility index (Phi) is 8.71. The maximum absolute atomic E-state index is 13.7. The van der Waals surface area contributed by atoms with Gasteiger partial charge in [0.1, 0.15) is 11.8 Å². The normalized spacial score (nSPS) is 18.7. The van der Waals surface area contributed by atoms with Gasteiger partial charge < -0.3 is 25.2 Å². The number of halogens is 2. The first-order valence-electron chi connectivity index (χ1n) is 13.7. The quantitative estimate of drug-likeness (QED) is 0.386. The van der Waals surface area contributed by atoms with Gasteiger partial charge in [-0.1, -0.05) is 24.3 Å². The van der Waals surface area contributed by atoms with Gasteiger partial charge in [-0.3, -0.25) is 14.6 Å². The van der Waals surface area contributed by atoms with E-state index in [-0.39, 0.29) is 0 Å². The third-order valence-corrected chi connectivity index (χ3v) is 7.39. The van der Waals surface area contributed by atoms with Gasteiger partial charge in [-0.25, -0.2) is 8.78 Å². The number of fused-ring (bicyclic) bond motifs is 1. The van der Waals surface area contributed by atoms with Crippen molar-refractivity contribution in [1.82, 2.24) is 25.4 Å². The Morgan fingerprint density at radius 1 is 1.15 bits per heavy atom. The molecular formula is C30H32F2N6O3. The van der Waals surface area contributed by atoms with Crippen LogP contribution in [0.1, 0.15) is 23.2 Å². The number of nitrogens with zero attached hydrogens (tertiary/aromatic N) is 4. The maximum Gasteiger partial charge on any atom is 0.268 e. The molecule has 1 atom stereocenters. The van der Waals surface area contributed by atoms with E-state index in [0.29, 0.717) is 23.1 Å². The molecular weight excluding hydrogens is 530 g/mol. The number of hydrogen-bond acceptors (Lipinski definition) is 7. The van der Waals surface area contributed by atoms with Crippen molar-refractivity contribution in [2.45, 2.75) is 24.8 Å². The number of alkyl halides is 2. The van der Waals surface area contributed by atoms with Crippen LogP contribution in [0.4, 0.5) is 8.78 Å². The SMILES string of the molecule is N#C[C@@H]1CC(F)(F)CN1C(=O)CNC(=O)c1ccnc2cc(-c3cccc(OCCCN4CCNCC4)c3)ccc12. The standard InChI is InChI=1S/C30H32F2N6O3/c31-30(32)17-23(18-33)38(20-30)28(39)19-36-29(40)26-7-8-35-27-16-22(5-6-25(26)27)21-3-1-4-24(15-21)41-14-2-11-37-12-9-34-10-13-37/h1,3-8,15-16,23,34H,2,9-14,17,19-20H2,(H,36,40)/t23-/m0/s1. The van der Waals surface area contributed by atoms with Crippen LogP contribution in [-0.2, 0) is 4.79 Å². The minimum Gasteiger partial charge on any atom is -0.494 e. The summed E-state index contributed by atoms with van der Waals surface area (Å²) in [6.07, 6.45) is 1.75. The fraction of sp³-hybridized carbons (Fsp3) is 0.400. The lowest BCUT2D eigenvalue weighted by atomic mass is 10.0. The summed E-state index contributed by atoms with van der Waals surface area (Å²) in [6, 6.07) is 15.4. The zero-order chi connectivity index (χ0) is 28.8. The molecule has 2 aliphatic rings. The van der Waals surface area contributed by atoms with Gasteiger partial charge in [0.15, 0.2) is 0 Å².